The van der Waals surface area contributed by atoms with Gasteiger partial charge in [-0.25, -0.2) is 4.52 Å². The maximum Gasteiger partial charge on any atom is 0.255 e. The number of aryl methyl sites for hydroxylation is 1. The fraction of sp³-hybridized carbons (Fsp3) is 0.485. The van der Waals surface area contributed by atoms with Crippen molar-refractivity contribution in [2.75, 3.05) is 47.0 Å². The van der Waals surface area contributed by atoms with Gasteiger partial charge in [0.05, 0.1) is 23.9 Å². The lowest BCUT2D eigenvalue weighted by Crippen LogP contribution is -2.49. The maximum absolute atomic E-state index is 13.5. The summed E-state index contributed by atoms with van der Waals surface area (Å²) < 4.78 is 15.2. The first kappa shape index (κ1) is 27.9. The van der Waals surface area contributed by atoms with Crippen LogP contribution in [0.15, 0.2) is 36.5 Å². The van der Waals surface area contributed by atoms with Crippen molar-refractivity contribution in [1.82, 2.24) is 24.0 Å². The lowest BCUT2D eigenvalue weighted by Gasteiger charge is -2.40. The van der Waals surface area contributed by atoms with E-state index in [1.165, 1.54) is 29.3 Å². The SMILES string of the molecule is COCC(=O)N1CC(c2cccc3cc(-c4nn5cc(C(=O)N6CCC[C@@H](N)C6)cc(OC)c5c4C)n(CC4CC4)c23)C1. The van der Waals surface area contributed by atoms with E-state index in [9.17, 15) is 9.59 Å². The molecule has 5 heterocycles. The number of para-hydroxylation sites is 1. The molecule has 4 aromatic rings. The number of methoxy groups -OCH3 is 2. The second-order valence-corrected chi connectivity index (χ2v) is 12.5. The van der Waals surface area contributed by atoms with Crippen LogP contribution in [-0.2, 0) is 16.1 Å². The average Bonchev–Trinajstić information content (AvgIpc) is 3.64. The molecule has 3 aliphatic rings. The Hall–Kier alpha value is -3.89. The Labute approximate surface area is 251 Å². The monoisotopic (exact) mass is 584 g/mol. The summed E-state index contributed by atoms with van der Waals surface area (Å²) in [7, 11) is 3.20. The maximum atomic E-state index is 13.5. The van der Waals surface area contributed by atoms with Crippen molar-refractivity contribution in [2.45, 2.75) is 51.1 Å². The lowest BCUT2D eigenvalue weighted by molar-refractivity contribution is -0.139. The molecule has 0 unspecified atom stereocenters. The first-order chi connectivity index (χ1) is 20.9. The lowest BCUT2D eigenvalue weighted by atomic mass is 9.90. The van der Waals surface area contributed by atoms with E-state index in [-0.39, 0.29) is 30.4 Å². The third-order valence-electron chi connectivity index (χ3n) is 9.41. The van der Waals surface area contributed by atoms with Gasteiger partial charge in [-0.2, -0.15) is 5.10 Å². The smallest absolute Gasteiger partial charge is 0.255 e. The Bertz CT molecular complexity index is 1710. The van der Waals surface area contributed by atoms with Crippen molar-refractivity contribution >= 4 is 28.2 Å². The Morgan fingerprint density at radius 1 is 1.05 bits per heavy atom. The van der Waals surface area contributed by atoms with Crippen molar-refractivity contribution in [3.8, 4) is 17.1 Å². The molecule has 1 aliphatic carbocycles. The summed E-state index contributed by atoms with van der Waals surface area (Å²) in [6.45, 7) is 5.80. The molecule has 2 aliphatic heterocycles. The van der Waals surface area contributed by atoms with E-state index >= 15 is 0 Å². The molecule has 0 spiro atoms. The molecule has 0 bridgehead atoms. The predicted octanol–water partition coefficient (Wildman–Crippen LogP) is 3.82. The van der Waals surface area contributed by atoms with Crippen LogP contribution in [0.25, 0.3) is 27.8 Å². The highest BCUT2D eigenvalue weighted by atomic mass is 16.5. The molecule has 1 saturated carbocycles. The number of aromatic nitrogens is 3. The Morgan fingerprint density at radius 2 is 1.86 bits per heavy atom. The topological polar surface area (TPSA) is 107 Å². The first-order valence-electron chi connectivity index (χ1n) is 15.4. The zero-order chi connectivity index (χ0) is 29.8. The fourth-order valence-corrected chi connectivity index (χ4v) is 6.90. The van der Waals surface area contributed by atoms with Gasteiger partial charge in [0, 0.05) is 68.9 Å². The second kappa shape index (κ2) is 11.0. The molecule has 3 aromatic heterocycles. The highest BCUT2D eigenvalue weighted by Gasteiger charge is 2.35. The molecule has 2 saturated heterocycles. The standard InChI is InChI=1S/C33H40N6O4/c1-20-30(35-39-17-23(13-28(43-3)31(20)39)33(41)36-11-5-7-25(34)18-36)27-12-22-6-4-8-26(32(22)38(27)14-21-9-10-21)24-15-37(16-24)29(40)19-42-2/h4,6,8,12-13,17,21,24-25H,5,7,9-11,14-16,18-19,34H2,1-3H3/t25-/m1/s1. The number of piperidine rings is 1. The summed E-state index contributed by atoms with van der Waals surface area (Å²) in [5.41, 5.74) is 13.1. The number of carbonyl (C=O) groups is 2. The number of amides is 2. The van der Waals surface area contributed by atoms with Crippen molar-refractivity contribution < 1.29 is 19.1 Å². The van der Waals surface area contributed by atoms with Gasteiger partial charge in [0.25, 0.3) is 5.91 Å². The summed E-state index contributed by atoms with van der Waals surface area (Å²) in [5.74, 6) is 1.55. The predicted molar refractivity (Wildman–Crippen MR) is 164 cm³/mol. The van der Waals surface area contributed by atoms with Gasteiger partial charge >= 0.3 is 0 Å². The van der Waals surface area contributed by atoms with Crippen LogP contribution in [0.3, 0.4) is 0 Å². The van der Waals surface area contributed by atoms with Gasteiger partial charge in [-0.15, -0.1) is 0 Å². The number of benzene rings is 1. The van der Waals surface area contributed by atoms with E-state index in [1.807, 2.05) is 26.6 Å². The van der Waals surface area contributed by atoms with Crippen molar-refractivity contribution in [1.29, 1.82) is 0 Å². The molecular formula is C33H40N6O4. The van der Waals surface area contributed by atoms with Crippen LogP contribution in [-0.4, -0.2) is 88.8 Å². The van der Waals surface area contributed by atoms with Gasteiger partial charge in [-0.05, 0) is 56.2 Å². The van der Waals surface area contributed by atoms with Crippen LogP contribution in [0.4, 0.5) is 0 Å². The molecule has 43 heavy (non-hydrogen) atoms. The van der Waals surface area contributed by atoms with Gasteiger partial charge in [-0.1, -0.05) is 18.2 Å². The molecule has 2 amide bonds. The van der Waals surface area contributed by atoms with Crippen LogP contribution >= 0.6 is 0 Å². The van der Waals surface area contributed by atoms with Crippen LogP contribution in [0.2, 0.25) is 0 Å². The summed E-state index contributed by atoms with van der Waals surface area (Å²) >= 11 is 0. The number of hydrogen-bond donors (Lipinski definition) is 1. The minimum atomic E-state index is -0.0453. The quantitative estimate of drug-likeness (QED) is 0.338. The number of likely N-dealkylation sites (tertiary alicyclic amines) is 2. The number of ether oxygens (including phenoxy) is 2. The minimum Gasteiger partial charge on any atom is -0.494 e. The summed E-state index contributed by atoms with van der Waals surface area (Å²) in [5, 5.41) is 6.27. The fourth-order valence-electron chi connectivity index (χ4n) is 6.90. The molecular weight excluding hydrogens is 544 g/mol. The molecule has 10 heteroatoms. The molecule has 226 valence electrons. The third-order valence-corrected chi connectivity index (χ3v) is 9.41. The Balaban J connectivity index is 1.30. The first-order valence-corrected chi connectivity index (χ1v) is 15.4. The van der Waals surface area contributed by atoms with Crippen molar-refractivity contribution in [3.05, 3.63) is 53.2 Å². The van der Waals surface area contributed by atoms with Gasteiger partial charge in [0.15, 0.2) is 0 Å². The van der Waals surface area contributed by atoms with E-state index in [0.29, 0.717) is 43.4 Å². The van der Waals surface area contributed by atoms with Gasteiger partial charge < -0.3 is 29.6 Å². The number of nitrogens with zero attached hydrogens (tertiary/aromatic N) is 5. The largest absolute Gasteiger partial charge is 0.494 e. The average molecular weight is 585 g/mol. The summed E-state index contributed by atoms with van der Waals surface area (Å²) in [6.07, 6.45) is 6.14. The molecule has 1 aromatic carbocycles. The van der Waals surface area contributed by atoms with E-state index < -0.39 is 0 Å². The van der Waals surface area contributed by atoms with Crippen LogP contribution in [0.1, 0.15) is 53.1 Å². The van der Waals surface area contributed by atoms with E-state index in [4.69, 9.17) is 20.3 Å². The summed E-state index contributed by atoms with van der Waals surface area (Å²) in [4.78, 5) is 29.6. The zero-order valence-electron chi connectivity index (χ0n) is 25.2. The third kappa shape index (κ3) is 4.96. The molecule has 2 N–H and O–H groups in total. The molecule has 10 nitrogen and oxygen atoms in total. The Kier molecular flexibility index (Phi) is 7.13. The van der Waals surface area contributed by atoms with Gasteiger partial charge in [0.2, 0.25) is 5.91 Å². The zero-order valence-corrected chi connectivity index (χ0v) is 25.2. The highest BCUT2D eigenvalue weighted by Crippen LogP contribution is 2.41. The van der Waals surface area contributed by atoms with Crippen molar-refractivity contribution in [2.24, 2.45) is 11.7 Å². The minimum absolute atomic E-state index is 0.00834. The normalized spacial score (nSPS) is 19.3. The number of fused-ring (bicyclic) bond motifs is 2. The number of nitrogens with two attached hydrogens (primary N) is 1. The number of carbonyl (C=O) groups excluding carboxylic acids is 2. The van der Waals surface area contributed by atoms with Crippen LogP contribution < -0.4 is 10.5 Å². The number of hydrogen-bond acceptors (Lipinski definition) is 6. The molecule has 1 atom stereocenters. The van der Waals surface area contributed by atoms with Gasteiger partial charge in [0.1, 0.15) is 23.6 Å². The van der Waals surface area contributed by atoms with E-state index in [0.717, 1.165) is 41.9 Å². The van der Waals surface area contributed by atoms with E-state index in [1.54, 1.807) is 14.2 Å². The molecule has 3 fully saturated rings. The number of rotatable bonds is 8. The van der Waals surface area contributed by atoms with Gasteiger partial charge in [-0.3, -0.25) is 9.59 Å². The summed E-state index contributed by atoms with van der Waals surface area (Å²) in [6, 6.07) is 10.6. The second-order valence-electron chi connectivity index (χ2n) is 12.5. The molecule has 7 rings (SSSR count). The van der Waals surface area contributed by atoms with E-state index in [2.05, 4.69) is 35.8 Å². The van der Waals surface area contributed by atoms with Crippen LogP contribution in [0.5, 0.6) is 5.75 Å². The van der Waals surface area contributed by atoms with Crippen molar-refractivity contribution in [3.63, 3.8) is 0 Å². The number of pyridine rings is 1. The van der Waals surface area contributed by atoms with Crippen LogP contribution in [0, 0.1) is 12.8 Å². The Morgan fingerprint density at radius 3 is 2.58 bits per heavy atom. The highest BCUT2D eigenvalue weighted by molar-refractivity contribution is 5.96. The molecule has 0 radical (unpaired) electrons.